The number of hydrogen-bond acceptors (Lipinski definition) is 4. The Balaban J connectivity index is -0.000000358. The van der Waals surface area contributed by atoms with Gasteiger partial charge in [0.1, 0.15) is 11.4 Å². The minimum absolute atomic E-state index is 0. The van der Waals surface area contributed by atoms with Crippen LogP contribution in [0.5, 0.6) is 0 Å². The monoisotopic (exact) mass is 1090 g/mol. The van der Waals surface area contributed by atoms with E-state index < -0.39 is 9.85 Å². The first kappa shape index (κ1) is 35.1. The van der Waals surface area contributed by atoms with Crippen LogP contribution in [0.25, 0.3) is 0 Å². The zero-order valence-corrected chi connectivity index (χ0v) is 28.1. The number of non-ortho nitro benzene ring substituents is 2. The van der Waals surface area contributed by atoms with E-state index in [4.69, 9.17) is 0 Å². The Hall–Kier alpha value is 1.50. The van der Waals surface area contributed by atoms with Gasteiger partial charge in [0, 0.05) is 23.3 Å². The second-order valence-corrected chi connectivity index (χ2v) is 37.3. The molecule has 168 valence electrons. The van der Waals surface area contributed by atoms with Crippen LogP contribution in [0.15, 0.2) is 36.4 Å². The van der Waals surface area contributed by atoms with Gasteiger partial charge in [-0.05, 0) is 26.0 Å². The van der Waals surface area contributed by atoms with E-state index >= 15 is 0 Å². The van der Waals surface area contributed by atoms with Crippen molar-refractivity contribution in [3.05, 3.63) is 67.8 Å². The van der Waals surface area contributed by atoms with Crippen molar-refractivity contribution in [2.24, 2.45) is 0 Å². The Kier molecular flexibility index (Phi) is 25.8. The minimum Gasteiger partial charge on any atom is -0.412 e. The molecular formula is C14H20I6N4O5. The molecule has 0 heterocycles. The molecule has 0 radical (unpaired) electrons. The number of aryl methyl sites for hydroxylation is 2. The SMILES string of the molecule is Cc1ccc([N+](=O)[O-])cc1[NH3+].Cc1ccc([N+](=O)[O-])cc1[NH3+].I[I-]I.I[I-]I.O. The van der Waals surface area contributed by atoms with Crippen molar-refractivity contribution in [3.63, 3.8) is 0 Å². The summed E-state index contributed by atoms with van der Waals surface area (Å²) in [5.74, 6) is 0. The fraction of sp³-hybridized carbons (Fsp3) is 0.143. The Labute approximate surface area is 228 Å². The maximum absolute atomic E-state index is 10.2. The molecule has 0 fully saturated rings. The number of nitrogens with zero attached hydrogens (tertiary/aromatic N) is 2. The van der Waals surface area contributed by atoms with Gasteiger partial charge in [0.15, 0.2) is 0 Å². The molecule has 0 atom stereocenters. The summed E-state index contributed by atoms with van der Waals surface area (Å²) < 4.78 is 0. The first-order valence-electron chi connectivity index (χ1n) is 6.93. The van der Waals surface area contributed by atoms with Crippen molar-refractivity contribution < 1.29 is 53.3 Å². The molecule has 0 saturated heterocycles. The predicted molar refractivity (Wildman–Crippen MR) is 140 cm³/mol. The van der Waals surface area contributed by atoms with Gasteiger partial charge in [-0.3, -0.25) is 20.2 Å². The largest absolute Gasteiger partial charge is 0.412 e. The van der Waals surface area contributed by atoms with E-state index in [2.05, 4.69) is 85.9 Å². The van der Waals surface area contributed by atoms with Crippen LogP contribution in [0.3, 0.4) is 0 Å². The molecule has 2 aromatic carbocycles. The molecule has 9 nitrogen and oxygen atoms in total. The van der Waals surface area contributed by atoms with E-state index in [1.807, 2.05) is 13.8 Å². The molecule has 29 heavy (non-hydrogen) atoms. The molecule has 15 heteroatoms. The second-order valence-electron chi connectivity index (χ2n) is 4.84. The fourth-order valence-electron chi connectivity index (χ4n) is 1.54. The van der Waals surface area contributed by atoms with Gasteiger partial charge in [-0.25, -0.2) is 0 Å². The maximum atomic E-state index is 10.2. The van der Waals surface area contributed by atoms with Gasteiger partial charge in [-0.1, -0.05) is 0 Å². The molecule has 0 saturated carbocycles. The molecule has 0 bridgehead atoms. The molecule has 0 aliphatic rings. The summed E-state index contributed by atoms with van der Waals surface area (Å²) in [5, 5.41) is 20.5. The summed E-state index contributed by atoms with van der Waals surface area (Å²) in [7, 11) is 0. The molecule has 0 aromatic heterocycles. The molecular weight excluding hydrogens is 1070 g/mol. The molecule has 0 aliphatic heterocycles. The number of halogens is 6. The number of nitro benzene ring substituents is 2. The summed E-state index contributed by atoms with van der Waals surface area (Å²) in [5.41, 5.74) is 10.9. The van der Waals surface area contributed by atoms with Crippen LogP contribution in [0, 0.1) is 34.1 Å². The van der Waals surface area contributed by atoms with Crippen LogP contribution >= 0.6 is 74.5 Å². The molecule has 0 amide bonds. The zero-order valence-electron chi connectivity index (χ0n) is 15.2. The molecule has 8 N–H and O–H groups in total. The number of nitro groups is 2. The van der Waals surface area contributed by atoms with E-state index in [0.717, 1.165) is 11.1 Å². The Bertz CT molecular complexity index is 706. The Morgan fingerprint density at radius 3 is 1.17 bits per heavy atom. The van der Waals surface area contributed by atoms with Gasteiger partial charge < -0.3 is 16.9 Å². The zero-order chi connectivity index (χ0) is 22.3. The maximum Gasteiger partial charge on any atom is -0.412 e. The van der Waals surface area contributed by atoms with Crippen molar-refractivity contribution in [2.75, 3.05) is 0 Å². The molecule has 0 spiro atoms. The summed E-state index contributed by atoms with van der Waals surface area (Å²) in [6, 6.07) is 9.28. The van der Waals surface area contributed by atoms with Crippen LogP contribution in [0.2, 0.25) is 0 Å². The average Bonchev–Trinajstić information content (AvgIpc) is 2.61. The summed E-state index contributed by atoms with van der Waals surface area (Å²) in [4.78, 5) is 19.6. The van der Waals surface area contributed by atoms with Crippen LogP contribution in [-0.4, -0.2) is 15.3 Å². The van der Waals surface area contributed by atoms with E-state index in [1.54, 1.807) is 12.1 Å². The van der Waals surface area contributed by atoms with Crippen LogP contribution < -0.4 is 38.0 Å². The van der Waals surface area contributed by atoms with Crippen LogP contribution in [0.4, 0.5) is 22.7 Å². The van der Waals surface area contributed by atoms with Crippen molar-refractivity contribution in [1.82, 2.24) is 0 Å². The van der Waals surface area contributed by atoms with Crippen molar-refractivity contribution >= 4 is 97.2 Å². The molecule has 2 aromatic rings. The van der Waals surface area contributed by atoms with Crippen LogP contribution in [0.1, 0.15) is 11.1 Å². The van der Waals surface area contributed by atoms with Crippen molar-refractivity contribution in [3.8, 4) is 0 Å². The van der Waals surface area contributed by atoms with Crippen molar-refractivity contribution in [2.45, 2.75) is 13.8 Å². The second kappa shape index (κ2) is 21.4. The number of benzene rings is 2. The topological polar surface area (TPSA) is 173 Å². The third-order valence-electron chi connectivity index (χ3n) is 3.09. The van der Waals surface area contributed by atoms with Gasteiger partial charge in [-0.2, -0.15) is 0 Å². The Morgan fingerprint density at radius 1 is 0.759 bits per heavy atom. The summed E-state index contributed by atoms with van der Waals surface area (Å²) in [6.45, 7) is 3.73. The average molecular weight is 1090 g/mol. The molecule has 0 aliphatic carbocycles. The van der Waals surface area contributed by atoms with Gasteiger partial charge >= 0.3 is 101 Å². The standard InChI is InChI=1S/2C7H8N2O2.2I3.H2O/c2*1-5-2-3-6(9(10)11)4-7(5)8;2*1-3-2;/h2*2-4H,8H2,1H3;;;1H2/q;;2*-1;/p+2. The first-order chi connectivity index (χ1) is 13.0. The Morgan fingerprint density at radius 2 is 1.00 bits per heavy atom. The van der Waals surface area contributed by atoms with E-state index in [9.17, 15) is 20.2 Å². The van der Waals surface area contributed by atoms with E-state index in [-0.39, 0.29) is 16.9 Å². The van der Waals surface area contributed by atoms with Crippen LogP contribution in [-0.2, 0) is 0 Å². The minimum atomic E-state index is -0.422. The third kappa shape index (κ3) is 17.7. The van der Waals surface area contributed by atoms with Gasteiger partial charge in [0.25, 0.3) is 11.4 Å². The van der Waals surface area contributed by atoms with Gasteiger partial charge in [0.05, 0.1) is 22.0 Å². The third-order valence-corrected chi connectivity index (χ3v) is 3.09. The summed E-state index contributed by atoms with van der Waals surface area (Å²) in [6.07, 6.45) is 0. The molecule has 0 unspecified atom stereocenters. The fourth-order valence-corrected chi connectivity index (χ4v) is 1.54. The smallest absolute Gasteiger partial charge is 0.412 e. The first-order valence-corrected chi connectivity index (χ1v) is 32.1. The molecule has 2 rings (SSSR count). The van der Waals surface area contributed by atoms with E-state index in [0.29, 0.717) is 37.9 Å². The van der Waals surface area contributed by atoms with E-state index in [1.165, 1.54) is 24.3 Å². The normalized spacial score (nSPS) is 8.83. The van der Waals surface area contributed by atoms with Crippen molar-refractivity contribution in [1.29, 1.82) is 0 Å². The quantitative estimate of drug-likeness (QED) is 0.207. The number of rotatable bonds is 2. The number of quaternary nitrogens is 2. The van der Waals surface area contributed by atoms with Gasteiger partial charge in [-0.15, -0.1) is 0 Å². The summed E-state index contributed by atoms with van der Waals surface area (Å²) >= 11 is 10.6. The number of hydrogen-bond donors (Lipinski definition) is 2. The predicted octanol–water partition coefficient (Wildman–Crippen LogP) is -1.72. The van der Waals surface area contributed by atoms with Gasteiger partial charge in [0.2, 0.25) is 0 Å².